The molecule has 2 aliphatic rings. The first kappa shape index (κ1) is 20.9. The molecule has 28 heavy (non-hydrogen) atoms. The number of benzene rings is 1. The lowest BCUT2D eigenvalue weighted by Crippen LogP contribution is -2.41. The lowest BCUT2D eigenvalue weighted by atomic mass is 9.88. The van der Waals surface area contributed by atoms with Gasteiger partial charge in [-0.15, -0.1) is 0 Å². The number of halogens is 1. The van der Waals surface area contributed by atoms with Gasteiger partial charge in [0.15, 0.2) is 17.3 Å². The van der Waals surface area contributed by atoms with Crippen molar-refractivity contribution in [3.8, 4) is 11.5 Å². The number of carbonyl (C=O) groups is 1. The van der Waals surface area contributed by atoms with E-state index in [9.17, 15) is 9.90 Å². The predicted molar refractivity (Wildman–Crippen MR) is 107 cm³/mol. The van der Waals surface area contributed by atoms with E-state index in [1.54, 1.807) is 0 Å². The fourth-order valence-electron chi connectivity index (χ4n) is 4.83. The van der Waals surface area contributed by atoms with Gasteiger partial charge in [0.25, 0.3) is 0 Å². The zero-order valence-electron chi connectivity index (χ0n) is 17.5. The molecule has 0 unspecified atom stereocenters. The highest BCUT2D eigenvalue weighted by atomic mass is 19.1. The van der Waals surface area contributed by atoms with Crippen molar-refractivity contribution in [2.24, 2.45) is 11.8 Å². The molecule has 4 nitrogen and oxygen atoms in total. The number of carboxylic acids is 1. The first-order chi connectivity index (χ1) is 13.2. The number of hydrogen-bond donors (Lipinski definition) is 1. The number of ether oxygens (including phenoxy) is 2. The fraction of sp³-hybridized carbons (Fsp3) is 0.696. The van der Waals surface area contributed by atoms with E-state index in [0.717, 1.165) is 57.4 Å². The predicted octanol–water partition coefficient (Wildman–Crippen LogP) is 6.22. The van der Waals surface area contributed by atoms with Gasteiger partial charge in [0, 0.05) is 0 Å². The van der Waals surface area contributed by atoms with E-state index < -0.39 is 23.0 Å². The second-order valence-corrected chi connectivity index (χ2v) is 9.15. The molecule has 1 N–H and O–H groups in total. The van der Waals surface area contributed by atoms with Crippen LogP contribution >= 0.6 is 0 Å². The lowest BCUT2D eigenvalue weighted by Gasteiger charge is -2.38. The molecule has 156 valence electrons. The smallest absolute Gasteiger partial charge is 0.335 e. The Morgan fingerprint density at radius 2 is 1.39 bits per heavy atom. The van der Waals surface area contributed by atoms with Gasteiger partial charge in [-0.2, -0.15) is 0 Å². The topological polar surface area (TPSA) is 55.8 Å². The zero-order valence-corrected chi connectivity index (χ0v) is 17.5. The van der Waals surface area contributed by atoms with E-state index in [1.165, 1.54) is 6.07 Å². The summed E-state index contributed by atoms with van der Waals surface area (Å²) in [7, 11) is 0. The van der Waals surface area contributed by atoms with Crippen molar-refractivity contribution in [3.05, 3.63) is 23.5 Å². The van der Waals surface area contributed by atoms with E-state index >= 15 is 4.39 Å². The normalized spacial score (nSPS) is 20.7. The molecule has 0 radical (unpaired) electrons. The first-order valence-corrected chi connectivity index (χ1v) is 10.6. The largest absolute Gasteiger partial charge is 0.483 e. The number of hydrogen-bond acceptors (Lipinski definition) is 3. The molecule has 0 heterocycles. The Balaban J connectivity index is 2.04. The van der Waals surface area contributed by atoms with Crippen LogP contribution in [0.4, 0.5) is 4.39 Å². The number of carboxylic acid groups (broad SMARTS) is 1. The minimum Gasteiger partial charge on any atom is -0.483 e. The third-order valence-electron chi connectivity index (χ3n) is 6.88. The summed E-state index contributed by atoms with van der Waals surface area (Å²) in [6.07, 6.45) is 7.75. The maximum absolute atomic E-state index is 15.1. The Bertz CT molecular complexity index is 714. The molecule has 0 atom stereocenters. The summed E-state index contributed by atoms with van der Waals surface area (Å²) in [6.45, 7) is 8.41. The molecule has 2 saturated carbocycles. The van der Waals surface area contributed by atoms with Gasteiger partial charge in [-0.3, -0.25) is 0 Å². The van der Waals surface area contributed by atoms with Crippen LogP contribution in [0, 0.1) is 17.7 Å². The van der Waals surface area contributed by atoms with Gasteiger partial charge >= 0.3 is 5.97 Å². The SMILES string of the molecule is CC(C)C1(Oc2cc(C(=O)O)cc(F)c2OC2(C(C)C)CCCC2)CCCC1. The quantitative estimate of drug-likeness (QED) is 0.598. The molecule has 0 aromatic heterocycles. The Kier molecular flexibility index (Phi) is 5.92. The second-order valence-electron chi connectivity index (χ2n) is 9.15. The van der Waals surface area contributed by atoms with Crippen LogP contribution in [0.2, 0.25) is 0 Å². The minimum absolute atomic E-state index is 0.0764. The molecule has 5 heteroatoms. The summed E-state index contributed by atoms with van der Waals surface area (Å²) < 4.78 is 27.9. The van der Waals surface area contributed by atoms with Crippen molar-refractivity contribution < 1.29 is 23.8 Å². The summed E-state index contributed by atoms with van der Waals surface area (Å²) >= 11 is 0. The third kappa shape index (κ3) is 3.85. The minimum atomic E-state index is -1.17. The van der Waals surface area contributed by atoms with Crippen molar-refractivity contribution in [2.45, 2.75) is 90.3 Å². The van der Waals surface area contributed by atoms with Crippen LogP contribution in [-0.4, -0.2) is 22.3 Å². The summed E-state index contributed by atoms with van der Waals surface area (Å²) in [5, 5.41) is 9.42. The average molecular weight is 393 g/mol. The average Bonchev–Trinajstić information content (AvgIpc) is 3.28. The van der Waals surface area contributed by atoms with Gasteiger partial charge in [-0.1, -0.05) is 27.7 Å². The third-order valence-corrected chi connectivity index (χ3v) is 6.88. The number of aromatic carboxylic acids is 1. The van der Waals surface area contributed by atoms with E-state index in [-0.39, 0.29) is 28.9 Å². The highest BCUT2D eigenvalue weighted by Crippen LogP contribution is 2.47. The Labute approximate surface area is 167 Å². The highest BCUT2D eigenvalue weighted by molar-refractivity contribution is 5.88. The van der Waals surface area contributed by atoms with Crippen molar-refractivity contribution in [2.75, 3.05) is 0 Å². The van der Waals surface area contributed by atoms with Gasteiger partial charge in [0.1, 0.15) is 11.2 Å². The zero-order chi connectivity index (χ0) is 20.5. The summed E-state index contributed by atoms with van der Waals surface area (Å²) in [4.78, 5) is 11.5. The van der Waals surface area contributed by atoms with Gasteiger partial charge in [0.2, 0.25) is 0 Å². The molecular formula is C23H33FO4. The molecule has 2 aliphatic carbocycles. The Morgan fingerprint density at radius 3 is 1.82 bits per heavy atom. The van der Waals surface area contributed by atoms with Crippen LogP contribution in [0.5, 0.6) is 11.5 Å². The van der Waals surface area contributed by atoms with Crippen LogP contribution < -0.4 is 9.47 Å². The molecule has 0 saturated heterocycles. The molecule has 0 aliphatic heterocycles. The van der Waals surface area contributed by atoms with E-state index in [0.29, 0.717) is 0 Å². The van der Waals surface area contributed by atoms with Crippen molar-refractivity contribution >= 4 is 5.97 Å². The summed E-state index contributed by atoms with van der Waals surface area (Å²) in [5.74, 6) is -1.04. The lowest BCUT2D eigenvalue weighted by molar-refractivity contribution is 0.000610. The van der Waals surface area contributed by atoms with Gasteiger partial charge < -0.3 is 14.6 Å². The van der Waals surface area contributed by atoms with E-state index in [4.69, 9.17) is 9.47 Å². The Morgan fingerprint density at radius 1 is 0.929 bits per heavy atom. The summed E-state index contributed by atoms with van der Waals surface area (Å²) in [6, 6.07) is 2.48. The van der Waals surface area contributed by atoms with Crippen molar-refractivity contribution in [1.29, 1.82) is 0 Å². The van der Waals surface area contributed by atoms with Crippen molar-refractivity contribution in [1.82, 2.24) is 0 Å². The number of rotatable bonds is 7. The van der Waals surface area contributed by atoms with Gasteiger partial charge in [-0.25, -0.2) is 9.18 Å². The molecule has 1 aromatic carbocycles. The van der Waals surface area contributed by atoms with Crippen LogP contribution in [0.1, 0.15) is 89.4 Å². The van der Waals surface area contributed by atoms with Crippen LogP contribution in [-0.2, 0) is 0 Å². The Hall–Kier alpha value is -1.78. The molecular weight excluding hydrogens is 359 g/mol. The fourth-order valence-corrected chi connectivity index (χ4v) is 4.83. The molecule has 0 spiro atoms. The van der Waals surface area contributed by atoms with Crippen LogP contribution in [0.15, 0.2) is 12.1 Å². The second kappa shape index (κ2) is 7.92. The van der Waals surface area contributed by atoms with Crippen molar-refractivity contribution in [3.63, 3.8) is 0 Å². The highest BCUT2D eigenvalue weighted by Gasteiger charge is 2.43. The van der Waals surface area contributed by atoms with Crippen LogP contribution in [0.3, 0.4) is 0 Å². The maximum atomic E-state index is 15.1. The monoisotopic (exact) mass is 392 g/mol. The molecule has 3 rings (SSSR count). The molecule has 1 aromatic rings. The van der Waals surface area contributed by atoms with Crippen LogP contribution in [0.25, 0.3) is 0 Å². The molecule has 2 fully saturated rings. The van der Waals surface area contributed by atoms with Gasteiger partial charge in [-0.05, 0) is 75.3 Å². The summed E-state index contributed by atoms with van der Waals surface area (Å²) in [5.41, 5.74) is -0.936. The first-order valence-electron chi connectivity index (χ1n) is 10.6. The molecule has 0 bridgehead atoms. The standard InChI is InChI=1S/C23H33FO4/c1-15(2)22(9-5-6-10-22)27-19-14-17(21(25)26)13-18(24)20(19)28-23(16(3)4)11-7-8-12-23/h13-16H,5-12H2,1-4H3,(H,25,26). The van der Waals surface area contributed by atoms with Gasteiger partial charge in [0.05, 0.1) is 5.56 Å². The van der Waals surface area contributed by atoms with E-state index in [2.05, 4.69) is 27.7 Å². The maximum Gasteiger partial charge on any atom is 0.335 e. The molecule has 0 amide bonds. The van der Waals surface area contributed by atoms with E-state index in [1.807, 2.05) is 0 Å².